The molecule has 0 N–H and O–H groups in total. The van der Waals surface area contributed by atoms with Gasteiger partial charge in [0.1, 0.15) is 26.4 Å². The molecular formula is C14H14N2O10. The Labute approximate surface area is 144 Å². The molecule has 6 fully saturated rings. The Morgan fingerprint density at radius 3 is 1.27 bits per heavy atom. The SMILES string of the molecule is O=C(OCCO[N+](=O)[O-])C12C3C4C1C1C2C3C41C(=O)OCCO[N+](=O)[O-]. The molecule has 0 aromatic heterocycles. The first-order valence-electron chi connectivity index (χ1n) is 8.30. The minimum atomic E-state index is -0.940. The molecule has 6 aliphatic carbocycles. The Kier molecular flexibility index (Phi) is 2.72. The summed E-state index contributed by atoms with van der Waals surface area (Å²) >= 11 is 0. The van der Waals surface area contributed by atoms with Gasteiger partial charge in [-0.2, -0.15) is 0 Å². The number of carbonyl (C=O) groups excluding carboxylic acids is 2. The van der Waals surface area contributed by atoms with E-state index in [9.17, 15) is 29.8 Å². The normalized spacial score (nSPS) is 46.0. The van der Waals surface area contributed by atoms with E-state index < -0.39 is 21.0 Å². The minimum Gasteiger partial charge on any atom is -0.463 e. The quantitative estimate of drug-likeness (QED) is 0.207. The van der Waals surface area contributed by atoms with E-state index in [0.717, 1.165) is 0 Å². The summed E-state index contributed by atoms with van der Waals surface area (Å²) in [5.41, 5.74) is -0.989. The standard InChI is InChI=1S/C14H14N2O10/c17-11(23-1-3-25-15(19)20)13-5-8-6(13)10-7(13)9(5)14(8,10)12(18)24-2-4-26-16(21)22/h5-10H,1-4H2. The number of esters is 2. The molecule has 0 heterocycles. The van der Waals surface area contributed by atoms with Crippen molar-refractivity contribution in [2.75, 3.05) is 26.4 Å². The summed E-state index contributed by atoms with van der Waals surface area (Å²) in [4.78, 5) is 53.1. The van der Waals surface area contributed by atoms with Crippen LogP contribution in [0, 0.1) is 66.6 Å². The van der Waals surface area contributed by atoms with Gasteiger partial charge in [0.2, 0.25) is 0 Å². The van der Waals surface area contributed by atoms with Crippen LogP contribution < -0.4 is 0 Å². The predicted octanol–water partition coefficient (Wildman–Crippen LogP) is -0.773. The van der Waals surface area contributed by atoms with Crippen molar-refractivity contribution in [3.63, 3.8) is 0 Å². The van der Waals surface area contributed by atoms with Gasteiger partial charge in [-0.05, 0) is 35.5 Å². The lowest BCUT2D eigenvalue weighted by molar-refractivity contribution is -0.758. The summed E-state index contributed by atoms with van der Waals surface area (Å²) in [5.74, 6) is 0.123. The Hall–Kier alpha value is -2.66. The van der Waals surface area contributed by atoms with Crippen molar-refractivity contribution in [2.24, 2.45) is 46.3 Å². The van der Waals surface area contributed by atoms with Crippen molar-refractivity contribution in [2.45, 2.75) is 0 Å². The number of hydrogen-bond donors (Lipinski definition) is 0. The van der Waals surface area contributed by atoms with E-state index in [-0.39, 0.29) is 73.9 Å². The highest BCUT2D eigenvalue weighted by Crippen LogP contribution is 3.10. The van der Waals surface area contributed by atoms with Crippen LogP contribution >= 0.6 is 0 Å². The number of nitrogens with zero attached hydrogens (tertiary/aromatic N) is 2. The zero-order valence-electron chi connectivity index (χ0n) is 13.3. The molecule has 6 saturated carbocycles. The molecule has 12 nitrogen and oxygen atoms in total. The first kappa shape index (κ1) is 15.6. The smallest absolute Gasteiger partial charge is 0.313 e. The van der Waals surface area contributed by atoms with E-state index >= 15 is 0 Å². The van der Waals surface area contributed by atoms with Crippen LogP contribution in [0.15, 0.2) is 0 Å². The Morgan fingerprint density at radius 1 is 0.692 bits per heavy atom. The van der Waals surface area contributed by atoms with Gasteiger partial charge in [0.05, 0.1) is 10.8 Å². The Morgan fingerprint density at radius 2 is 1.00 bits per heavy atom. The van der Waals surface area contributed by atoms with Crippen molar-refractivity contribution >= 4 is 11.9 Å². The van der Waals surface area contributed by atoms with Gasteiger partial charge in [-0.15, -0.1) is 20.2 Å². The Bertz CT molecular complexity index is 634. The fraction of sp³-hybridized carbons (Fsp3) is 0.857. The average molecular weight is 370 g/mol. The molecule has 12 heteroatoms. The summed E-state index contributed by atoms with van der Waals surface area (Å²) in [6.07, 6.45) is 0. The van der Waals surface area contributed by atoms with Crippen LogP contribution in [0.3, 0.4) is 0 Å². The van der Waals surface area contributed by atoms with Crippen LogP contribution in [0.25, 0.3) is 0 Å². The van der Waals surface area contributed by atoms with E-state index in [1.54, 1.807) is 0 Å². The summed E-state index contributed by atoms with van der Waals surface area (Å²) in [6.45, 7) is -0.935. The van der Waals surface area contributed by atoms with Crippen LogP contribution in [0.1, 0.15) is 0 Å². The highest BCUT2D eigenvalue weighted by Gasteiger charge is 3.13. The van der Waals surface area contributed by atoms with Crippen LogP contribution in [-0.2, 0) is 28.7 Å². The second-order valence-electron chi connectivity index (χ2n) is 7.41. The fourth-order valence-electron chi connectivity index (χ4n) is 7.09. The van der Waals surface area contributed by atoms with Gasteiger partial charge in [0.25, 0.3) is 10.2 Å². The van der Waals surface area contributed by atoms with Gasteiger partial charge in [-0.25, -0.2) is 0 Å². The molecule has 0 saturated heterocycles. The first-order chi connectivity index (χ1) is 12.4. The van der Waals surface area contributed by atoms with Crippen molar-refractivity contribution in [1.29, 1.82) is 0 Å². The average Bonchev–Trinajstić information content (AvgIpc) is 2.61. The van der Waals surface area contributed by atoms with Gasteiger partial charge in [-0.1, -0.05) is 0 Å². The van der Waals surface area contributed by atoms with E-state index in [0.29, 0.717) is 0 Å². The van der Waals surface area contributed by atoms with Crippen molar-refractivity contribution in [1.82, 2.24) is 0 Å². The molecule has 6 rings (SSSR count). The molecule has 0 amide bonds. The number of ether oxygens (including phenoxy) is 2. The molecule has 0 atom stereocenters. The molecular weight excluding hydrogens is 356 g/mol. The lowest BCUT2D eigenvalue weighted by Crippen LogP contribution is -3.12. The molecule has 0 radical (unpaired) electrons. The second kappa shape index (κ2) is 4.54. The zero-order chi connectivity index (χ0) is 18.4. The van der Waals surface area contributed by atoms with Gasteiger partial charge in [0, 0.05) is 0 Å². The molecule has 0 bridgehead atoms. The first-order valence-corrected chi connectivity index (χ1v) is 8.30. The van der Waals surface area contributed by atoms with Crippen LogP contribution in [0.4, 0.5) is 0 Å². The molecule has 0 unspecified atom stereocenters. The number of rotatable bonds is 10. The summed E-state index contributed by atoms with van der Waals surface area (Å²) in [7, 11) is 0. The van der Waals surface area contributed by atoms with Crippen molar-refractivity contribution < 1.29 is 38.9 Å². The van der Waals surface area contributed by atoms with E-state index in [4.69, 9.17) is 9.47 Å². The molecule has 0 aromatic carbocycles. The number of hydrogen-bond acceptors (Lipinski definition) is 10. The third kappa shape index (κ3) is 1.27. The van der Waals surface area contributed by atoms with Gasteiger partial charge < -0.3 is 19.1 Å². The van der Waals surface area contributed by atoms with E-state index in [2.05, 4.69) is 9.68 Å². The maximum Gasteiger partial charge on any atom is 0.313 e. The summed E-state index contributed by atoms with van der Waals surface area (Å²) in [5, 5.41) is 18.3. The van der Waals surface area contributed by atoms with Crippen molar-refractivity contribution in [3.05, 3.63) is 20.2 Å². The maximum absolute atomic E-state index is 12.4. The van der Waals surface area contributed by atoms with E-state index in [1.165, 1.54) is 0 Å². The topological polar surface area (TPSA) is 157 Å². The lowest BCUT2D eigenvalue weighted by atomic mass is 8.92. The van der Waals surface area contributed by atoms with Gasteiger partial charge >= 0.3 is 11.9 Å². The van der Waals surface area contributed by atoms with Gasteiger partial charge in [-0.3, -0.25) is 9.59 Å². The summed E-state index contributed by atoms with van der Waals surface area (Å²) < 4.78 is 10.3. The lowest BCUT2D eigenvalue weighted by Gasteiger charge is -3.08. The van der Waals surface area contributed by atoms with Crippen LogP contribution in [-0.4, -0.2) is 48.5 Å². The van der Waals surface area contributed by atoms with Crippen LogP contribution in [0.2, 0.25) is 0 Å². The highest BCUT2D eigenvalue weighted by molar-refractivity contribution is 5.96. The monoisotopic (exact) mass is 370 g/mol. The minimum absolute atomic E-state index is 0.133. The fourth-order valence-corrected chi connectivity index (χ4v) is 7.09. The zero-order valence-corrected chi connectivity index (χ0v) is 13.3. The summed E-state index contributed by atoms with van der Waals surface area (Å²) in [6, 6.07) is 0. The maximum atomic E-state index is 12.4. The van der Waals surface area contributed by atoms with Crippen molar-refractivity contribution in [3.8, 4) is 0 Å². The molecule has 0 spiro atoms. The third-order valence-electron chi connectivity index (χ3n) is 7.36. The second-order valence-corrected chi connectivity index (χ2v) is 7.41. The molecule has 6 aliphatic rings. The number of carbonyl (C=O) groups is 2. The Balaban J connectivity index is 1.13. The molecule has 26 heavy (non-hydrogen) atoms. The molecule has 0 aliphatic heterocycles. The van der Waals surface area contributed by atoms with Gasteiger partial charge in [0.15, 0.2) is 0 Å². The largest absolute Gasteiger partial charge is 0.463 e. The predicted molar refractivity (Wildman–Crippen MR) is 73.6 cm³/mol. The molecule has 0 aromatic rings. The van der Waals surface area contributed by atoms with Crippen LogP contribution in [0.5, 0.6) is 0 Å². The highest BCUT2D eigenvalue weighted by atomic mass is 17.0. The third-order valence-corrected chi connectivity index (χ3v) is 7.36. The van der Waals surface area contributed by atoms with E-state index in [1.807, 2.05) is 0 Å². The molecule has 140 valence electrons.